The van der Waals surface area contributed by atoms with Crippen LogP contribution in [0.15, 0.2) is 0 Å². The van der Waals surface area contributed by atoms with Crippen LogP contribution in [0.25, 0.3) is 0 Å². The van der Waals surface area contributed by atoms with Crippen LogP contribution >= 0.6 is 0 Å². The summed E-state index contributed by atoms with van der Waals surface area (Å²) in [5, 5.41) is 3.83. The van der Waals surface area contributed by atoms with E-state index in [2.05, 4.69) is 33.0 Å². The molecule has 0 aliphatic heterocycles. The van der Waals surface area contributed by atoms with Crippen LogP contribution in [0.1, 0.15) is 53.4 Å². The lowest BCUT2D eigenvalue weighted by atomic mass is 9.69. The molecular formula is C15H29NOS. The van der Waals surface area contributed by atoms with Crippen LogP contribution in [-0.4, -0.2) is 28.3 Å². The molecule has 0 aromatic heterocycles. The molecule has 2 aliphatic rings. The van der Waals surface area contributed by atoms with Gasteiger partial charge >= 0.3 is 0 Å². The number of hydrogen-bond acceptors (Lipinski definition) is 2. The van der Waals surface area contributed by atoms with Gasteiger partial charge in [-0.15, -0.1) is 0 Å². The van der Waals surface area contributed by atoms with Crippen molar-refractivity contribution in [3.8, 4) is 0 Å². The van der Waals surface area contributed by atoms with Crippen LogP contribution in [0.4, 0.5) is 0 Å². The van der Waals surface area contributed by atoms with Crippen molar-refractivity contribution in [1.29, 1.82) is 0 Å². The Morgan fingerprint density at radius 3 is 2.50 bits per heavy atom. The van der Waals surface area contributed by atoms with Crippen molar-refractivity contribution in [2.75, 3.05) is 12.0 Å². The number of rotatable bonds is 5. The molecule has 0 heterocycles. The molecule has 2 rings (SSSR count). The van der Waals surface area contributed by atoms with Crippen molar-refractivity contribution < 1.29 is 4.21 Å². The fourth-order valence-electron chi connectivity index (χ4n) is 4.23. The molecule has 18 heavy (non-hydrogen) atoms. The predicted molar refractivity (Wildman–Crippen MR) is 79.2 cm³/mol. The van der Waals surface area contributed by atoms with E-state index >= 15 is 0 Å². The first-order valence-corrected chi connectivity index (χ1v) is 9.06. The molecule has 0 spiro atoms. The average molecular weight is 271 g/mol. The molecule has 5 unspecified atom stereocenters. The number of hydrogen-bond donors (Lipinski definition) is 1. The second-order valence-electron chi connectivity index (χ2n) is 7.30. The Kier molecular flexibility index (Phi) is 3.95. The van der Waals surface area contributed by atoms with Gasteiger partial charge in [-0.25, -0.2) is 0 Å². The molecule has 2 saturated carbocycles. The van der Waals surface area contributed by atoms with E-state index in [9.17, 15) is 4.21 Å². The van der Waals surface area contributed by atoms with Crippen LogP contribution in [-0.2, 0) is 10.8 Å². The van der Waals surface area contributed by atoms with Gasteiger partial charge in [-0.1, -0.05) is 20.8 Å². The minimum atomic E-state index is -0.657. The Bertz CT molecular complexity index is 341. The first kappa shape index (κ1) is 14.5. The maximum absolute atomic E-state index is 11.2. The van der Waals surface area contributed by atoms with Gasteiger partial charge in [-0.05, 0) is 49.4 Å². The summed E-state index contributed by atoms with van der Waals surface area (Å²) in [6, 6.07) is 1.15. The lowest BCUT2D eigenvalue weighted by molar-refractivity contribution is 0.116. The van der Waals surface area contributed by atoms with E-state index in [1.165, 1.54) is 19.3 Å². The molecule has 2 fully saturated rings. The Balaban J connectivity index is 1.94. The number of fused-ring (bicyclic) bond motifs is 2. The first-order chi connectivity index (χ1) is 8.27. The third-order valence-corrected chi connectivity index (χ3v) is 6.93. The largest absolute Gasteiger partial charge is 0.311 e. The quantitative estimate of drug-likeness (QED) is 0.833. The van der Waals surface area contributed by atoms with E-state index < -0.39 is 10.8 Å². The summed E-state index contributed by atoms with van der Waals surface area (Å²) in [4.78, 5) is 0. The van der Waals surface area contributed by atoms with Gasteiger partial charge in [-0.3, -0.25) is 4.21 Å². The van der Waals surface area contributed by atoms with Crippen molar-refractivity contribution in [3.63, 3.8) is 0 Å². The van der Waals surface area contributed by atoms with Crippen LogP contribution in [0, 0.1) is 16.7 Å². The van der Waals surface area contributed by atoms with E-state index in [0.29, 0.717) is 22.9 Å². The van der Waals surface area contributed by atoms with Gasteiger partial charge in [0.2, 0.25) is 0 Å². The summed E-state index contributed by atoms with van der Waals surface area (Å²) in [6.45, 7) is 9.63. The van der Waals surface area contributed by atoms with E-state index in [-0.39, 0.29) is 0 Å². The predicted octanol–water partition coefficient (Wildman–Crippen LogP) is 2.95. The van der Waals surface area contributed by atoms with Gasteiger partial charge in [0.25, 0.3) is 0 Å². The second kappa shape index (κ2) is 4.90. The molecule has 0 aromatic rings. The summed E-state index contributed by atoms with van der Waals surface area (Å²) < 4.78 is 11.2. The summed E-state index contributed by atoms with van der Waals surface area (Å²) in [7, 11) is -0.657. The van der Waals surface area contributed by atoms with Gasteiger partial charge in [-0.2, -0.15) is 0 Å². The first-order valence-electron chi connectivity index (χ1n) is 7.33. The lowest BCUT2D eigenvalue weighted by Crippen LogP contribution is -2.48. The standard InChI is InChI=1S/C15H29NOS/c1-11(7-9-18(5)17)16-13-10-12-6-8-15(13,4)14(12,2)3/h11-13,16H,6-10H2,1-5H3. The molecule has 5 atom stereocenters. The third kappa shape index (κ3) is 2.29. The van der Waals surface area contributed by atoms with Crippen molar-refractivity contribution in [3.05, 3.63) is 0 Å². The summed E-state index contributed by atoms with van der Waals surface area (Å²) in [5.74, 6) is 1.72. The maximum atomic E-state index is 11.2. The molecule has 2 aliphatic carbocycles. The maximum Gasteiger partial charge on any atom is 0.0246 e. The highest BCUT2D eigenvalue weighted by atomic mass is 32.2. The molecule has 2 nitrogen and oxygen atoms in total. The van der Waals surface area contributed by atoms with E-state index in [0.717, 1.165) is 18.1 Å². The van der Waals surface area contributed by atoms with E-state index in [1.807, 2.05) is 0 Å². The van der Waals surface area contributed by atoms with Crippen LogP contribution in [0.5, 0.6) is 0 Å². The third-order valence-electron chi connectivity index (χ3n) is 6.12. The van der Waals surface area contributed by atoms with Gasteiger partial charge in [0, 0.05) is 34.9 Å². The zero-order valence-electron chi connectivity index (χ0n) is 12.6. The fraction of sp³-hybridized carbons (Fsp3) is 1.00. The summed E-state index contributed by atoms with van der Waals surface area (Å²) >= 11 is 0. The van der Waals surface area contributed by atoms with Crippen molar-refractivity contribution in [1.82, 2.24) is 5.32 Å². The van der Waals surface area contributed by atoms with Gasteiger partial charge < -0.3 is 5.32 Å². The monoisotopic (exact) mass is 271 g/mol. The van der Waals surface area contributed by atoms with Gasteiger partial charge in [0.05, 0.1) is 0 Å². The Morgan fingerprint density at radius 2 is 2.06 bits per heavy atom. The van der Waals surface area contributed by atoms with E-state index in [4.69, 9.17) is 0 Å². The molecular weight excluding hydrogens is 242 g/mol. The molecule has 0 aromatic carbocycles. The average Bonchev–Trinajstić information content (AvgIpc) is 2.59. The van der Waals surface area contributed by atoms with E-state index in [1.54, 1.807) is 6.26 Å². The molecule has 106 valence electrons. The fourth-order valence-corrected chi connectivity index (χ4v) is 4.91. The molecule has 0 amide bonds. The zero-order chi connectivity index (χ0) is 13.6. The Morgan fingerprint density at radius 1 is 1.39 bits per heavy atom. The summed E-state index contributed by atoms with van der Waals surface area (Å²) in [5.41, 5.74) is 0.940. The number of nitrogens with one attached hydrogen (secondary N) is 1. The van der Waals surface area contributed by atoms with Gasteiger partial charge in [0.15, 0.2) is 0 Å². The minimum Gasteiger partial charge on any atom is -0.311 e. The topological polar surface area (TPSA) is 29.1 Å². The van der Waals surface area contributed by atoms with Crippen molar-refractivity contribution >= 4 is 10.8 Å². The molecule has 2 bridgehead atoms. The van der Waals surface area contributed by atoms with Gasteiger partial charge in [0.1, 0.15) is 0 Å². The van der Waals surface area contributed by atoms with Crippen molar-refractivity contribution in [2.24, 2.45) is 16.7 Å². The normalized spacial score (nSPS) is 40.9. The SMILES string of the molecule is CC(CCS(C)=O)NC1CC2CCC1(C)C2(C)C. The van der Waals surface area contributed by atoms with Crippen LogP contribution in [0.2, 0.25) is 0 Å². The summed E-state index contributed by atoms with van der Waals surface area (Å²) in [6.07, 6.45) is 6.95. The smallest absolute Gasteiger partial charge is 0.0246 e. The van der Waals surface area contributed by atoms with Crippen LogP contribution < -0.4 is 5.32 Å². The molecule has 1 N–H and O–H groups in total. The molecule has 3 heteroatoms. The Hall–Kier alpha value is 0.110. The highest BCUT2D eigenvalue weighted by Crippen LogP contribution is 2.65. The zero-order valence-corrected chi connectivity index (χ0v) is 13.4. The minimum absolute atomic E-state index is 0.456. The molecule has 0 radical (unpaired) electrons. The van der Waals surface area contributed by atoms with Crippen LogP contribution in [0.3, 0.4) is 0 Å². The second-order valence-corrected chi connectivity index (χ2v) is 8.85. The Labute approximate surface area is 115 Å². The van der Waals surface area contributed by atoms with Crippen molar-refractivity contribution in [2.45, 2.75) is 65.5 Å². The highest BCUT2D eigenvalue weighted by Gasteiger charge is 2.61. The molecule has 0 saturated heterocycles. The highest BCUT2D eigenvalue weighted by molar-refractivity contribution is 7.84. The lowest BCUT2D eigenvalue weighted by Gasteiger charge is -2.40.